The Morgan fingerprint density at radius 1 is 1.40 bits per heavy atom. The molecule has 1 aromatic carbocycles. The van der Waals surface area contributed by atoms with Gasteiger partial charge in [-0.1, -0.05) is 24.6 Å². The molecule has 2 atom stereocenters. The molecule has 0 fully saturated rings. The number of fused-ring (bicyclic) bond motifs is 1. The summed E-state index contributed by atoms with van der Waals surface area (Å²) in [6, 6.07) is 5.91. The van der Waals surface area contributed by atoms with Crippen LogP contribution in [0.3, 0.4) is 0 Å². The molecule has 0 aliphatic carbocycles. The summed E-state index contributed by atoms with van der Waals surface area (Å²) in [6.45, 7) is 4.09. The van der Waals surface area contributed by atoms with E-state index in [1.165, 1.54) is 0 Å². The van der Waals surface area contributed by atoms with Gasteiger partial charge in [-0.2, -0.15) is 0 Å². The van der Waals surface area contributed by atoms with Crippen molar-refractivity contribution in [1.29, 1.82) is 0 Å². The molecule has 0 radical (unpaired) electrons. The fourth-order valence-electron chi connectivity index (χ4n) is 1.35. The molecule has 1 aromatic heterocycles. The van der Waals surface area contributed by atoms with Crippen molar-refractivity contribution < 1.29 is 0 Å². The van der Waals surface area contributed by atoms with Gasteiger partial charge >= 0.3 is 0 Å². The van der Waals surface area contributed by atoms with E-state index in [0.29, 0.717) is 0 Å². The first-order valence-electron chi connectivity index (χ1n) is 4.90. The van der Waals surface area contributed by atoms with E-state index in [1.54, 1.807) is 11.3 Å². The minimum absolute atomic E-state index is 0.115. The van der Waals surface area contributed by atoms with E-state index < -0.39 is 0 Å². The maximum absolute atomic E-state index is 6.09. The molecule has 2 N–H and O–H groups in total. The Hall–Kier alpha value is -0.640. The highest BCUT2D eigenvalue weighted by Crippen LogP contribution is 2.33. The second-order valence-corrected chi connectivity index (χ2v) is 5.23. The number of aromatic nitrogens is 1. The van der Waals surface area contributed by atoms with Crippen molar-refractivity contribution in [3.63, 3.8) is 0 Å². The average Bonchev–Trinajstić information content (AvgIpc) is 2.61. The molecule has 2 unspecified atom stereocenters. The minimum atomic E-state index is 0.115. The van der Waals surface area contributed by atoms with Crippen molar-refractivity contribution in [2.45, 2.75) is 25.8 Å². The number of nitrogens with zero attached hydrogens (tertiary/aromatic N) is 1. The minimum Gasteiger partial charge on any atom is -0.327 e. The second kappa shape index (κ2) is 4.08. The Kier molecular flexibility index (Phi) is 2.96. The number of halogens is 1. The zero-order valence-corrected chi connectivity index (χ0v) is 10.3. The van der Waals surface area contributed by atoms with Crippen LogP contribution in [0.5, 0.6) is 0 Å². The van der Waals surface area contributed by atoms with E-state index in [9.17, 15) is 0 Å². The van der Waals surface area contributed by atoms with Crippen LogP contribution in [-0.2, 0) is 0 Å². The van der Waals surface area contributed by atoms with Gasteiger partial charge in [0.15, 0.2) is 0 Å². The molecule has 2 nitrogen and oxygen atoms in total. The number of thiazole rings is 1. The lowest BCUT2D eigenvalue weighted by atomic mass is 10.1. The number of rotatable bonds is 2. The van der Waals surface area contributed by atoms with Gasteiger partial charge in [-0.25, -0.2) is 4.98 Å². The molecule has 0 aliphatic rings. The first-order valence-corrected chi connectivity index (χ1v) is 6.09. The van der Waals surface area contributed by atoms with Crippen LogP contribution in [-0.4, -0.2) is 11.0 Å². The normalized spacial score (nSPS) is 15.5. The predicted molar refractivity (Wildman–Crippen MR) is 66.7 cm³/mol. The Morgan fingerprint density at radius 3 is 2.73 bits per heavy atom. The molecule has 0 saturated heterocycles. The Morgan fingerprint density at radius 2 is 2.13 bits per heavy atom. The first kappa shape index (κ1) is 10.9. The molecule has 15 heavy (non-hydrogen) atoms. The summed E-state index contributed by atoms with van der Waals surface area (Å²) in [7, 11) is 0. The molecule has 0 aliphatic heterocycles. The smallest absolute Gasteiger partial charge is 0.0982 e. The van der Waals surface area contributed by atoms with E-state index in [4.69, 9.17) is 17.3 Å². The van der Waals surface area contributed by atoms with Gasteiger partial charge in [-0.05, 0) is 19.1 Å². The lowest BCUT2D eigenvalue weighted by molar-refractivity contribution is 0.611. The van der Waals surface area contributed by atoms with E-state index in [-0.39, 0.29) is 12.0 Å². The molecule has 4 heteroatoms. The number of nitrogens with two attached hydrogens (primary N) is 1. The number of hydrogen-bond acceptors (Lipinski definition) is 3. The van der Waals surface area contributed by atoms with E-state index in [2.05, 4.69) is 11.9 Å². The SMILES string of the molecule is CC(N)C(C)c1nc2cccc(Cl)c2s1. The van der Waals surface area contributed by atoms with Crippen molar-refractivity contribution in [3.05, 3.63) is 28.2 Å². The summed E-state index contributed by atoms with van der Waals surface area (Å²) < 4.78 is 1.06. The quantitative estimate of drug-likeness (QED) is 0.874. The third-order valence-corrected chi connectivity index (χ3v) is 4.29. The van der Waals surface area contributed by atoms with Crippen LogP contribution in [0.4, 0.5) is 0 Å². The molecule has 0 amide bonds. The molecule has 2 aromatic rings. The monoisotopic (exact) mass is 240 g/mol. The third-order valence-electron chi connectivity index (χ3n) is 2.56. The summed E-state index contributed by atoms with van der Waals surface area (Å²) in [5.41, 5.74) is 6.83. The average molecular weight is 241 g/mol. The largest absolute Gasteiger partial charge is 0.327 e. The second-order valence-electron chi connectivity index (χ2n) is 3.79. The van der Waals surface area contributed by atoms with E-state index in [1.807, 2.05) is 25.1 Å². The lowest BCUT2D eigenvalue weighted by Crippen LogP contribution is -2.22. The van der Waals surface area contributed by atoms with Crippen LogP contribution < -0.4 is 5.73 Å². The van der Waals surface area contributed by atoms with Gasteiger partial charge in [-0.15, -0.1) is 11.3 Å². The van der Waals surface area contributed by atoms with Gasteiger partial charge in [0.05, 0.1) is 20.2 Å². The number of benzene rings is 1. The zero-order valence-electron chi connectivity index (χ0n) is 8.70. The highest BCUT2D eigenvalue weighted by atomic mass is 35.5. The molecular weight excluding hydrogens is 228 g/mol. The topological polar surface area (TPSA) is 38.9 Å². The van der Waals surface area contributed by atoms with Gasteiger partial charge in [0.25, 0.3) is 0 Å². The molecule has 2 rings (SSSR count). The summed E-state index contributed by atoms with van der Waals surface area (Å²) in [5.74, 6) is 0.276. The molecule has 0 bridgehead atoms. The molecule has 80 valence electrons. The fourth-order valence-corrected chi connectivity index (χ4v) is 2.78. The van der Waals surface area contributed by atoms with Gasteiger partial charge in [-0.3, -0.25) is 0 Å². The first-order chi connectivity index (χ1) is 7.09. The lowest BCUT2D eigenvalue weighted by Gasteiger charge is -2.11. The van der Waals surface area contributed by atoms with Crippen molar-refractivity contribution in [2.75, 3.05) is 0 Å². The maximum atomic E-state index is 6.09. The van der Waals surface area contributed by atoms with E-state index in [0.717, 1.165) is 20.2 Å². The third kappa shape index (κ3) is 2.00. The van der Waals surface area contributed by atoms with Crippen molar-refractivity contribution in [2.24, 2.45) is 5.73 Å². The van der Waals surface area contributed by atoms with Crippen LogP contribution in [0, 0.1) is 0 Å². The summed E-state index contributed by atoms with van der Waals surface area (Å²) >= 11 is 7.73. The highest BCUT2D eigenvalue weighted by Gasteiger charge is 2.15. The Bertz CT molecular complexity index is 478. The van der Waals surface area contributed by atoms with Crippen LogP contribution >= 0.6 is 22.9 Å². The van der Waals surface area contributed by atoms with Crippen LogP contribution in [0.1, 0.15) is 24.8 Å². The summed E-state index contributed by atoms with van der Waals surface area (Å²) in [4.78, 5) is 4.55. The van der Waals surface area contributed by atoms with Gasteiger partial charge < -0.3 is 5.73 Å². The standard InChI is InChI=1S/C11H13ClN2S/c1-6(7(2)13)11-14-9-5-3-4-8(12)10(9)15-11/h3-7H,13H2,1-2H3. The van der Waals surface area contributed by atoms with Crippen LogP contribution in [0.15, 0.2) is 18.2 Å². The predicted octanol–water partition coefficient (Wildman–Crippen LogP) is 3.40. The molecular formula is C11H13ClN2S. The summed E-state index contributed by atoms with van der Waals surface area (Å²) in [6.07, 6.45) is 0. The Labute approximate surface area is 98.1 Å². The van der Waals surface area contributed by atoms with Gasteiger partial charge in [0.1, 0.15) is 0 Å². The van der Waals surface area contributed by atoms with Crippen LogP contribution in [0.25, 0.3) is 10.2 Å². The number of hydrogen-bond donors (Lipinski definition) is 1. The van der Waals surface area contributed by atoms with Gasteiger partial charge in [0.2, 0.25) is 0 Å². The molecule has 1 heterocycles. The van der Waals surface area contributed by atoms with Crippen LogP contribution in [0.2, 0.25) is 5.02 Å². The Balaban J connectivity index is 2.52. The fraction of sp³-hybridized carbons (Fsp3) is 0.364. The van der Waals surface area contributed by atoms with Crippen molar-refractivity contribution in [3.8, 4) is 0 Å². The highest BCUT2D eigenvalue weighted by molar-refractivity contribution is 7.19. The zero-order chi connectivity index (χ0) is 11.0. The van der Waals surface area contributed by atoms with Crippen molar-refractivity contribution >= 4 is 33.2 Å². The molecule has 0 spiro atoms. The summed E-state index contributed by atoms with van der Waals surface area (Å²) in [5, 5.41) is 1.83. The maximum Gasteiger partial charge on any atom is 0.0982 e. The molecule has 0 saturated carbocycles. The van der Waals surface area contributed by atoms with Crippen molar-refractivity contribution in [1.82, 2.24) is 4.98 Å². The van der Waals surface area contributed by atoms with Gasteiger partial charge in [0, 0.05) is 12.0 Å². The van der Waals surface area contributed by atoms with E-state index >= 15 is 0 Å².